The van der Waals surface area contributed by atoms with Crippen LogP contribution >= 0.6 is 11.6 Å². The molecular formula is C16H15ClO. The Kier molecular flexibility index (Phi) is 4.16. The smallest absolute Gasteiger partial charge is 0.127 e. The highest BCUT2D eigenvalue weighted by Crippen LogP contribution is 2.21. The van der Waals surface area contributed by atoms with E-state index in [0.717, 1.165) is 18.3 Å². The van der Waals surface area contributed by atoms with E-state index in [0.29, 0.717) is 5.02 Å². The summed E-state index contributed by atoms with van der Waals surface area (Å²) in [5, 5.41) is 0.693. The zero-order chi connectivity index (χ0) is 13.0. The summed E-state index contributed by atoms with van der Waals surface area (Å²) >= 11 is 5.85. The molecule has 1 unspecified atom stereocenters. The number of rotatable bonds is 4. The first-order valence-corrected chi connectivity index (χ1v) is 6.33. The molecule has 0 aliphatic carbocycles. The molecule has 0 aliphatic heterocycles. The Morgan fingerprint density at radius 1 is 1.17 bits per heavy atom. The van der Waals surface area contributed by atoms with Gasteiger partial charge in [-0.3, -0.25) is 0 Å². The second-order valence-corrected chi connectivity index (χ2v) is 4.92. The standard InChI is InChI=1S/C16H15ClO/c1-12-3-2-4-13(9-12)10-15(11-18)14-5-7-16(17)8-6-14/h2-9,11,15H,10H2,1H3. The maximum Gasteiger partial charge on any atom is 0.127 e. The van der Waals surface area contributed by atoms with Gasteiger partial charge in [0.25, 0.3) is 0 Å². The van der Waals surface area contributed by atoms with E-state index >= 15 is 0 Å². The third kappa shape index (κ3) is 3.21. The van der Waals surface area contributed by atoms with Crippen molar-refractivity contribution in [3.05, 3.63) is 70.2 Å². The molecule has 0 aliphatic rings. The monoisotopic (exact) mass is 258 g/mol. The molecule has 0 saturated carbocycles. The van der Waals surface area contributed by atoms with Crippen LogP contribution in [0.5, 0.6) is 0 Å². The van der Waals surface area contributed by atoms with Gasteiger partial charge < -0.3 is 4.79 Å². The van der Waals surface area contributed by atoms with Gasteiger partial charge in [0.2, 0.25) is 0 Å². The number of aryl methyl sites for hydroxylation is 1. The number of benzene rings is 2. The molecule has 0 amide bonds. The summed E-state index contributed by atoms with van der Waals surface area (Å²) in [5.41, 5.74) is 3.41. The molecule has 0 fully saturated rings. The van der Waals surface area contributed by atoms with Gasteiger partial charge >= 0.3 is 0 Å². The highest BCUT2D eigenvalue weighted by Gasteiger charge is 2.11. The Morgan fingerprint density at radius 2 is 1.89 bits per heavy atom. The van der Waals surface area contributed by atoms with Gasteiger partial charge in [-0.25, -0.2) is 0 Å². The van der Waals surface area contributed by atoms with E-state index in [-0.39, 0.29) is 5.92 Å². The number of carbonyl (C=O) groups excluding carboxylic acids is 1. The molecule has 0 N–H and O–H groups in total. The predicted molar refractivity (Wildman–Crippen MR) is 75.1 cm³/mol. The van der Waals surface area contributed by atoms with E-state index in [1.54, 1.807) is 0 Å². The molecule has 0 spiro atoms. The minimum absolute atomic E-state index is 0.107. The van der Waals surface area contributed by atoms with Gasteiger partial charge in [-0.15, -0.1) is 0 Å². The molecule has 0 bridgehead atoms. The van der Waals surface area contributed by atoms with Crippen molar-refractivity contribution in [2.24, 2.45) is 0 Å². The molecule has 1 atom stereocenters. The van der Waals surface area contributed by atoms with Gasteiger partial charge in [0, 0.05) is 10.9 Å². The predicted octanol–water partition coefficient (Wildman–Crippen LogP) is 4.17. The lowest BCUT2D eigenvalue weighted by atomic mass is 9.93. The number of aldehydes is 1. The van der Waals surface area contributed by atoms with E-state index in [1.165, 1.54) is 11.1 Å². The van der Waals surface area contributed by atoms with Gasteiger partial charge in [0.15, 0.2) is 0 Å². The van der Waals surface area contributed by atoms with E-state index in [2.05, 4.69) is 25.1 Å². The molecular weight excluding hydrogens is 244 g/mol. The highest BCUT2D eigenvalue weighted by molar-refractivity contribution is 6.30. The molecule has 2 aromatic rings. The largest absolute Gasteiger partial charge is 0.303 e. The first-order chi connectivity index (χ1) is 8.69. The Balaban J connectivity index is 2.19. The molecule has 92 valence electrons. The molecule has 1 nitrogen and oxygen atoms in total. The van der Waals surface area contributed by atoms with Crippen LogP contribution in [0.2, 0.25) is 5.02 Å². The summed E-state index contributed by atoms with van der Waals surface area (Å²) in [6.45, 7) is 2.06. The topological polar surface area (TPSA) is 17.1 Å². The van der Waals surface area contributed by atoms with E-state index in [1.807, 2.05) is 30.3 Å². The van der Waals surface area contributed by atoms with Crippen LogP contribution in [-0.4, -0.2) is 6.29 Å². The maximum atomic E-state index is 11.2. The van der Waals surface area contributed by atoms with Gasteiger partial charge in [0.1, 0.15) is 6.29 Å². The van der Waals surface area contributed by atoms with Crippen LogP contribution in [0.15, 0.2) is 48.5 Å². The van der Waals surface area contributed by atoms with E-state index < -0.39 is 0 Å². The van der Waals surface area contributed by atoms with Crippen LogP contribution in [0.1, 0.15) is 22.6 Å². The molecule has 2 heteroatoms. The van der Waals surface area contributed by atoms with Gasteiger partial charge in [0.05, 0.1) is 0 Å². The third-order valence-electron chi connectivity index (χ3n) is 3.00. The van der Waals surface area contributed by atoms with Crippen molar-refractivity contribution in [1.82, 2.24) is 0 Å². The summed E-state index contributed by atoms with van der Waals surface area (Å²) in [7, 11) is 0. The average molecular weight is 259 g/mol. The zero-order valence-corrected chi connectivity index (χ0v) is 11.0. The molecule has 0 saturated heterocycles. The average Bonchev–Trinajstić information content (AvgIpc) is 2.37. The van der Waals surface area contributed by atoms with Crippen molar-refractivity contribution in [3.63, 3.8) is 0 Å². The normalized spacial score (nSPS) is 12.1. The molecule has 0 heterocycles. The quantitative estimate of drug-likeness (QED) is 0.752. The minimum atomic E-state index is -0.107. The summed E-state index contributed by atoms with van der Waals surface area (Å²) in [6.07, 6.45) is 1.73. The lowest BCUT2D eigenvalue weighted by Gasteiger charge is -2.11. The molecule has 2 rings (SSSR count). The number of hydrogen-bond acceptors (Lipinski definition) is 1. The Labute approximate surface area is 112 Å². The second kappa shape index (κ2) is 5.83. The maximum absolute atomic E-state index is 11.2. The van der Waals surface area contributed by atoms with Crippen LogP contribution < -0.4 is 0 Å². The summed E-state index contributed by atoms with van der Waals surface area (Å²) < 4.78 is 0. The van der Waals surface area contributed by atoms with Crippen molar-refractivity contribution in [3.8, 4) is 0 Å². The minimum Gasteiger partial charge on any atom is -0.303 e. The van der Waals surface area contributed by atoms with Crippen LogP contribution in [0.4, 0.5) is 0 Å². The number of hydrogen-bond donors (Lipinski definition) is 0. The fraction of sp³-hybridized carbons (Fsp3) is 0.188. The summed E-state index contributed by atoms with van der Waals surface area (Å²) in [4.78, 5) is 11.2. The SMILES string of the molecule is Cc1cccc(CC(C=O)c2ccc(Cl)cc2)c1. The van der Waals surface area contributed by atoms with Crippen molar-refractivity contribution < 1.29 is 4.79 Å². The number of halogens is 1. The Morgan fingerprint density at radius 3 is 2.50 bits per heavy atom. The Hall–Kier alpha value is -1.60. The number of carbonyl (C=O) groups is 1. The lowest BCUT2D eigenvalue weighted by molar-refractivity contribution is -0.109. The van der Waals surface area contributed by atoms with Crippen molar-refractivity contribution in [1.29, 1.82) is 0 Å². The van der Waals surface area contributed by atoms with E-state index in [4.69, 9.17) is 11.6 Å². The fourth-order valence-corrected chi connectivity index (χ4v) is 2.17. The van der Waals surface area contributed by atoms with Crippen molar-refractivity contribution in [2.75, 3.05) is 0 Å². The molecule has 0 aromatic heterocycles. The first kappa shape index (κ1) is 12.8. The lowest BCUT2D eigenvalue weighted by Crippen LogP contribution is -2.04. The van der Waals surface area contributed by atoms with Gasteiger partial charge in [-0.1, -0.05) is 53.6 Å². The van der Waals surface area contributed by atoms with Gasteiger partial charge in [-0.2, -0.15) is 0 Å². The summed E-state index contributed by atoms with van der Waals surface area (Å²) in [5.74, 6) is -0.107. The molecule has 18 heavy (non-hydrogen) atoms. The fourth-order valence-electron chi connectivity index (χ4n) is 2.05. The third-order valence-corrected chi connectivity index (χ3v) is 3.25. The van der Waals surface area contributed by atoms with Crippen LogP contribution in [0.25, 0.3) is 0 Å². The second-order valence-electron chi connectivity index (χ2n) is 4.49. The van der Waals surface area contributed by atoms with Crippen molar-refractivity contribution >= 4 is 17.9 Å². The van der Waals surface area contributed by atoms with Crippen LogP contribution in [0, 0.1) is 6.92 Å². The zero-order valence-electron chi connectivity index (χ0n) is 10.3. The molecule has 0 radical (unpaired) electrons. The highest BCUT2D eigenvalue weighted by atomic mass is 35.5. The van der Waals surface area contributed by atoms with Crippen molar-refractivity contribution in [2.45, 2.75) is 19.3 Å². The van der Waals surface area contributed by atoms with E-state index in [9.17, 15) is 4.79 Å². The molecule has 2 aromatic carbocycles. The summed E-state index contributed by atoms with van der Waals surface area (Å²) in [6, 6.07) is 15.7. The Bertz CT molecular complexity index is 531. The van der Waals surface area contributed by atoms with Gasteiger partial charge in [-0.05, 0) is 36.6 Å². The van der Waals surface area contributed by atoms with Crippen LogP contribution in [0.3, 0.4) is 0 Å². The van der Waals surface area contributed by atoms with Crippen LogP contribution in [-0.2, 0) is 11.2 Å². The first-order valence-electron chi connectivity index (χ1n) is 5.95.